The summed E-state index contributed by atoms with van der Waals surface area (Å²) in [5.74, 6) is 1.20. The van der Waals surface area contributed by atoms with Gasteiger partial charge in [-0.05, 0) is 51.0 Å². The van der Waals surface area contributed by atoms with Crippen LogP contribution in [-0.4, -0.2) is 36.0 Å². The van der Waals surface area contributed by atoms with Crippen molar-refractivity contribution in [3.05, 3.63) is 0 Å². The van der Waals surface area contributed by atoms with Crippen LogP contribution in [0.2, 0.25) is 0 Å². The molecule has 1 aliphatic carbocycles. The second-order valence-electron chi connectivity index (χ2n) is 6.29. The number of carbonyl (C=O) groups is 1. The van der Waals surface area contributed by atoms with E-state index < -0.39 is 0 Å². The lowest BCUT2D eigenvalue weighted by atomic mass is 9.83. The molecule has 3 heteroatoms. The van der Waals surface area contributed by atoms with Crippen LogP contribution in [-0.2, 0) is 4.79 Å². The number of carbonyl (C=O) groups excluding carboxylic acids is 1. The minimum Gasteiger partial charge on any atom is -0.338 e. The van der Waals surface area contributed by atoms with Gasteiger partial charge in [0, 0.05) is 12.6 Å². The first kappa shape index (κ1) is 12.5. The Bertz CT molecular complexity index is 293. The first-order valence-corrected chi connectivity index (χ1v) is 7.90. The predicted octanol–water partition coefficient (Wildman–Crippen LogP) is 2.31. The molecule has 0 radical (unpaired) electrons. The molecule has 18 heavy (non-hydrogen) atoms. The standard InChI is InChI=1S/C15H26N2O/c18-15(13-8-4-10-16-13)17-11-5-9-14(17)12-6-2-1-3-7-12/h12-14,16H,1-11H2/t13-,14-/m1/s1. The van der Waals surface area contributed by atoms with Gasteiger partial charge in [0.1, 0.15) is 0 Å². The topological polar surface area (TPSA) is 32.3 Å². The largest absolute Gasteiger partial charge is 0.338 e. The molecule has 2 atom stereocenters. The van der Waals surface area contributed by atoms with E-state index >= 15 is 0 Å². The molecule has 1 saturated carbocycles. The number of rotatable bonds is 2. The molecule has 1 amide bonds. The zero-order valence-corrected chi connectivity index (χ0v) is 11.4. The molecule has 3 nitrogen and oxygen atoms in total. The van der Waals surface area contributed by atoms with Gasteiger partial charge in [0.15, 0.2) is 0 Å². The summed E-state index contributed by atoms with van der Waals surface area (Å²) in [5.41, 5.74) is 0. The van der Waals surface area contributed by atoms with Crippen LogP contribution in [0, 0.1) is 5.92 Å². The third kappa shape index (κ3) is 2.42. The van der Waals surface area contributed by atoms with Gasteiger partial charge < -0.3 is 10.2 Å². The van der Waals surface area contributed by atoms with Gasteiger partial charge in [-0.3, -0.25) is 4.79 Å². The van der Waals surface area contributed by atoms with Crippen molar-refractivity contribution in [2.45, 2.75) is 69.9 Å². The maximum absolute atomic E-state index is 12.6. The molecule has 3 rings (SSSR count). The Morgan fingerprint density at radius 1 is 0.944 bits per heavy atom. The van der Waals surface area contributed by atoms with E-state index in [1.54, 1.807) is 0 Å². The molecule has 0 unspecified atom stereocenters. The van der Waals surface area contributed by atoms with Crippen LogP contribution < -0.4 is 5.32 Å². The van der Waals surface area contributed by atoms with Gasteiger partial charge in [-0.1, -0.05) is 19.3 Å². The second-order valence-corrected chi connectivity index (χ2v) is 6.29. The van der Waals surface area contributed by atoms with Gasteiger partial charge in [-0.2, -0.15) is 0 Å². The summed E-state index contributed by atoms with van der Waals surface area (Å²) in [6.45, 7) is 2.04. The van der Waals surface area contributed by atoms with E-state index in [1.807, 2.05) is 0 Å². The van der Waals surface area contributed by atoms with Crippen molar-refractivity contribution >= 4 is 5.91 Å². The van der Waals surface area contributed by atoms with Crippen molar-refractivity contribution in [1.82, 2.24) is 10.2 Å². The number of amides is 1. The third-order valence-corrected chi connectivity index (χ3v) is 5.13. The van der Waals surface area contributed by atoms with Crippen LogP contribution in [0.1, 0.15) is 57.8 Å². The first-order valence-electron chi connectivity index (χ1n) is 7.90. The monoisotopic (exact) mass is 250 g/mol. The van der Waals surface area contributed by atoms with Crippen molar-refractivity contribution in [3.8, 4) is 0 Å². The highest BCUT2D eigenvalue weighted by molar-refractivity contribution is 5.82. The molecule has 102 valence electrons. The second kappa shape index (κ2) is 5.60. The maximum Gasteiger partial charge on any atom is 0.239 e. The number of likely N-dealkylation sites (tertiary alicyclic amines) is 1. The van der Waals surface area contributed by atoms with Crippen molar-refractivity contribution in [2.75, 3.05) is 13.1 Å². The van der Waals surface area contributed by atoms with Gasteiger partial charge in [-0.15, -0.1) is 0 Å². The molecule has 0 aromatic carbocycles. The Morgan fingerprint density at radius 3 is 2.50 bits per heavy atom. The van der Waals surface area contributed by atoms with E-state index in [0.29, 0.717) is 11.9 Å². The van der Waals surface area contributed by atoms with Crippen LogP contribution in [0.4, 0.5) is 0 Å². The molecule has 0 aromatic rings. The quantitative estimate of drug-likeness (QED) is 0.815. The molecule has 3 fully saturated rings. The zero-order chi connectivity index (χ0) is 12.4. The van der Waals surface area contributed by atoms with Crippen molar-refractivity contribution in [3.63, 3.8) is 0 Å². The summed E-state index contributed by atoms with van der Waals surface area (Å²) < 4.78 is 0. The Balaban J connectivity index is 1.64. The average Bonchev–Trinajstić information content (AvgIpc) is 3.10. The van der Waals surface area contributed by atoms with Gasteiger partial charge >= 0.3 is 0 Å². The average molecular weight is 250 g/mol. The number of hydrogen-bond acceptors (Lipinski definition) is 2. The number of hydrogen-bond donors (Lipinski definition) is 1. The van der Waals surface area contributed by atoms with E-state index in [-0.39, 0.29) is 6.04 Å². The van der Waals surface area contributed by atoms with Gasteiger partial charge in [-0.25, -0.2) is 0 Å². The fourth-order valence-corrected chi connectivity index (χ4v) is 4.17. The molecule has 2 aliphatic heterocycles. The molecule has 0 spiro atoms. The van der Waals surface area contributed by atoms with Crippen molar-refractivity contribution in [2.24, 2.45) is 5.92 Å². The van der Waals surface area contributed by atoms with Crippen molar-refractivity contribution in [1.29, 1.82) is 0 Å². The third-order valence-electron chi connectivity index (χ3n) is 5.13. The SMILES string of the molecule is O=C([C@H]1CCCN1)N1CCC[C@@H]1C1CCCCC1. The van der Waals surface area contributed by atoms with Crippen LogP contribution in [0.5, 0.6) is 0 Å². The first-order chi connectivity index (χ1) is 8.86. The fraction of sp³-hybridized carbons (Fsp3) is 0.933. The normalized spacial score (nSPS) is 34.1. The van der Waals surface area contributed by atoms with Gasteiger partial charge in [0.2, 0.25) is 5.91 Å². The lowest BCUT2D eigenvalue weighted by Crippen LogP contribution is -2.48. The van der Waals surface area contributed by atoms with Crippen LogP contribution >= 0.6 is 0 Å². The van der Waals surface area contributed by atoms with Gasteiger partial charge in [0.05, 0.1) is 6.04 Å². The lowest BCUT2D eigenvalue weighted by Gasteiger charge is -2.35. The van der Waals surface area contributed by atoms with Crippen LogP contribution in [0.3, 0.4) is 0 Å². The van der Waals surface area contributed by atoms with E-state index in [4.69, 9.17) is 0 Å². The summed E-state index contributed by atoms with van der Waals surface area (Å²) in [5, 5.41) is 3.37. The molecule has 2 heterocycles. The van der Waals surface area contributed by atoms with Crippen LogP contribution in [0.15, 0.2) is 0 Å². The minimum atomic E-state index is 0.134. The van der Waals surface area contributed by atoms with Crippen molar-refractivity contribution < 1.29 is 4.79 Å². The van der Waals surface area contributed by atoms with Gasteiger partial charge in [0.25, 0.3) is 0 Å². The Labute approximate surface area is 110 Å². The smallest absolute Gasteiger partial charge is 0.239 e. The molecule has 1 N–H and O–H groups in total. The minimum absolute atomic E-state index is 0.134. The lowest BCUT2D eigenvalue weighted by molar-refractivity contribution is -0.135. The van der Waals surface area contributed by atoms with E-state index in [1.165, 1.54) is 51.4 Å². The number of nitrogens with zero attached hydrogens (tertiary/aromatic N) is 1. The fourth-order valence-electron chi connectivity index (χ4n) is 4.17. The molecular formula is C15H26N2O. The summed E-state index contributed by atoms with van der Waals surface area (Å²) >= 11 is 0. The predicted molar refractivity (Wildman–Crippen MR) is 72.3 cm³/mol. The molecule has 0 bridgehead atoms. The zero-order valence-electron chi connectivity index (χ0n) is 11.4. The highest BCUT2D eigenvalue weighted by Gasteiger charge is 2.38. The van der Waals surface area contributed by atoms with E-state index in [9.17, 15) is 4.79 Å². The number of nitrogens with one attached hydrogen (secondary N) is 1. The van der Waals surface area contributed by atoms with Crippen LogP contribution in [0.25, 0.3) is 0 Å². The highest BCUT2D eigenvalue weighted by atomic mass is 16.2. The van der Waals surface area contributed by atoms with E-state index in [2.05, 4.69) is 10.2 Å². The molecule has 0 aromatic heterocycles. The molecule has 2 saturated heterocycles. The summed E-state index contributed by atoms with van der Waals surface area (Å²) in [4.78, 5) is 14.8. The van der Waals surface area contributed by atoms with E-state index in [0.717, 1.165) is 25.4 Å². The maximum atomic E-state index is 12.6. The Kier molecular flexibility index (Phi) is 3.88. The summed E-state index contributed by atoms with van der Waals surface area (Å²) in [6, 6.07) is 0.703. The summed E-state index contributed by atoms with van der Waals surface area (Å²) in [7, 11) is 0. The Hall–Kier alpha value is -0.570. The molecule has 3 aliphatic rings. The highest BCUT2D eigenvalue weighted by Crippen LogP contribution is 2.34. The summed E-state index contributed by atoms with van der Waals surface area (Å²) in [6.07, 6.45) is 11.6. The Morgan fingerprint density at radius 2 is 1.78 bits per heavy atom. The molecular weight excluding hydrogens is 224 g/mol.